The van der Waals surface area contributed by atoms with Crippen molar-refractivity contribution in [3.8, 4) is 0 Å². The first-order valence-electron chi connectivity index (χ1n) is 7.83. The van der Waals surface area contributed by atoms with E-state index in [4.69, 9.17) is 0 Å². The Balaban J connectivity index is 2.10. The number of hydrogen-bond donors (Lipinski definition) is 0. The Kier molecular flexibility index (Phi) is 4.87. The van der Waals surface area contributed by atoms with Gasteiger partial charge in [-0.1, -0.05) is 26.7 Å². The first-order chi connectivity index (χ1) is 8.33. The van der Waals surface area contributed by atoms with Gasteiger partial charge in [-0.25, -0.2) is 0 Å². The number of nitrogens with zero attached hydrogens (tertiary/aromatic N) is 2. The second-order valence-corrected chi connectivity index (χ2v) is 5.78. The summed E-state index contributed by atoms with van der Waals surface area (Å²) in [6.07, 6.45) is 11.1. The molecule has 0 unspecified atom stereocenters. The average molecular weight is 238 g/mol. The second-order valence-electron chi connectivity index (χ2n) is 5.78. The molecule has 0 amide bonds. The van der Waals surface area contributed by atoms with Gasteiger partial charge in [-0.05, 0) is 64.7 Å². The van der Waals surface area contributed by atoms with Crippen LogP contribution in [0.25, 0.3) is 0 Å². The average Bonchev–Trinajstić information content (AvgIpc) is 2.43. The van der Waals surface area contributed by atoms with E-state index >= 15 is 0 Å². The summed E-state index contributed by atoms with van der Waals surface area (Å²) < 4.78 is 0. The molecular weight excluding hydrogens is 208 g/mol. The molecule has 0 aromatic carbocycles. The lowest BCUT2D eigenvalue weighted by atomic mass is 9.93. The molecule has 0 aromatic heterocycles. The summed E-state index contributed by atoms with van der Waals surface area (Å²) in [4.78, 5) is 5.61. The Morgan fingerprint density at radius 1 is 0.647 bits per heavy atom. The monoisotopic (exact) mass is 238 g/mol. The molecule has 0 atom stereocenters. The smallest absolute Gasteiger partial charge is 0.0732 e. The van der Waals surface area contributed by atoms with Crippen LogP contribution in [0.4, 0.5) is 0 Å². The summed E-state index contributed by atoms with van der Waals surface area (Å²) >= 11 is 0. The fraction of sp³-hybridized carbons (Fsp3) is 1.00. The fourth-order valence-corrected chi connectivity index (χ4v) is 3.96. The molecule has 0 saturated carbocycles. The van der Waals surface area contributed by atoms with Crippen LogP contribution in [0.15, 0.2) is 0 Å². The van der Waals surface area contributed by atoms with E-state index < -0.39 is 0 Å². The van der Waals surface area contributed by atoms with E-state index in [9.17, 15) is 0 Å². The van der Waals surface area contributed by atoms with Crippen LogP contribution in [0, 0.1) is 0 Å². The second kappa shape index (κ2) is 6.19. The predicted octanol–water partition coefficient (Wildman–Crippen LogP) is 3.47. The fourth-order valence-electron chi connectivity index (χ4n) is 3.96. The highest BCUT2D eigenvalue weighted by Crippen LogP contribution is 2.33. The molecule has 0 N–H and O–H groups in total. The zero-order valence-electron chi connectivity index (χ0n) is 11.9. The predicted molar refractivity (Wildman–Crippen MR) is 74.2 cm³/mol. The number of rotatable bonds is 4. The maximum absolute atomic E-state index is 2.81. The minimum atomic E-state index is 0.390. The highest BCUT2D eigenvalue weighted by molar-refractivity contribution is 4.91. The van der Waals surface area contributed by atoms with Crippen LogP contribution < -0.4 is 0 Å². The van der Waals surface area contributed by atoms with Crippen molar-refractivity contribution in [3.05, 3.63) is 0 Å². The van der Waals surface area contributed by atoms with Crippen LogP contribution in [0.3, 0.4) is 0 Å². The van der Waals surface area contributed by atoms with Crippen molar-refractivity contribution in [3.63, 3.8) is 0 Å². The van der Waals surface area contributed by atoms with Gasteiger partial charge in [-0.2, -0.15) is 0 Å². The molecule has 0 bridgehead atoms. The van der Waals surface area contributed by atoms with Crippen LogP contribution in [0.5, 0.6) is 0 Å². The molecule has 2 aliphatic rings. The minimum absolute atomic E-state index is 0.390. The molecule has 2 nitrogen and oxygen atoms in total. The Bertz CT molecular complexity index is 191. The summed E-state index contributed by atoms with van der Waals surface area (Å²) in [6, 6.07) is 0. The summed E-state index contributed by atoms with van der Waals surface area (Å²) in [5.41, 5.74) is 0.390. The van der Waals surface area contributed by atoms with Gasteiger partial charge < -0.3 is 0 Å². The van der Waals surface area contributed by atoms with Gasteiger partial charge in [0.2, 0.25) is 0 Å². The molecule has 100 valence electrons. The lowest BCUT2D eigenvalue weighted by molar-refractivity contribution is -0.0831. The molecule has 17 heavy (non-hydrogen) atoms. The summed E-state index contributed by atoms with van der Waals surface area (Å²) in [5.74, 6) is 0. The van der Waals surface area contributed by atoms with Crippen LogP contribution in [-0.4, -0.2) is 41.6 Å². The normalized spacial score (nSPS) is 25.1. The van der Waals surface area contributed by atoms with Crippen LogP contribution >= 0.6 is 0 Å². The van der Waals surface area contributed by atoms with Crippen molar-refractivity contribution in [1.82, 2.24) is 9.80 Å². The molecule has 2 heterocycles. The first kappa shape index (κ1) is 13.4. The maximum atomic E-state index is 2.81. The highest BCUT2D eigenvalue weighted by Gasteiger charge is 2.39. The van der Waals surface area contributed by atoms with Crippen LogP contribution in [0.2, 0.25) is 0 Å². The summed E-state index contributed by atoms with van der Waals surface area (Å²) in [7, 11) is 0. The largest absolute Gasteiger partial charge is 0.285 e. The third-order valence-corrected chi connectivity index (χ3v) is 5.02. The van der Waals surface area contributed by atoms with Gasteiger partial charge in [0.25, 0.3) is 0 Å². The molecule has 2 heteroatoms. The van der Waals surface area contributed by atoms with Gasteiger partial charge in [0.15, 0.2) is 0 Å². The van der Waals surface area contributed by atoms with Gasteiger partial charge >= 0.3 is 0 Å². The molecule has 0 radical (unpaired) electrons. The molecule has 2 fully saturated rings. The molecule has 0 aromatic rings. The molecule has 2 saturated heterocycles. The molecule has 0 spiro atoms. The van der Waals surface area contributed by atoms with Crippen molar-refractivity contribution < 1.29 is 0 Å². The Hall–Kier alpha value is -0.0800. The van der Waals surface area contributed by atoms with Crippen LogP contribution in [0.1, 0.15) is 65.2 Å². The van der Waals surface area contributed by atoms with E-state index in [0.717, 1.165) is 0 Å². The van der Waals surface area contributed by atoms with Crippen molar-refractivity contribution in [2.75, 3.05) is 26.2 Å². The standard InChI is InChI=1S/C15H30N2/c1-3-15(4-2,16-11-7-5-8-12-16)17-13-9-6-10-14-17/h3-14H2,1-2H3. The van der Waals surface area contributed by atoms with Gasteiger partial charge in [-0.3, -0.25) is 9.80 Å². The molecular formula is C15H30N2. The van der Waals surface area contributed by atoms with Crippen molar-refractivity contribution in [1.29, 1.82) is 0 Å². The van der Waals surface area contributed by atoms with E-state index in [2.05, 4.69) is 23.6 Å². The lowest BCUT2D eigenvalue weighted by Crippen LogP contribution is -2.62. The van der Waals surface area contributed by atoms with Gasteiger partial charge in [0.05, 0.1) is 5.66 Å². The molecule has 0 aliphatic carbocycles. The third-order valence-electron chi connectivity index (χ3n) is 5.02. The minimum Gasteiger partial charge on any atom is -0.285 e. The van der Waals surface area contributed by atoms with E-state index in [1.54, 1.807) is 0 Å². The zero-order chi connectivity index (χ0) is 12.1. The third kappa shape index (κ3) is 2.68. The van der Waals surface area contributed by atoms with Crippen molar-refractivity contribution in [2.24, 2.45) is 0 Å². The van der Waals surface area contributed by atoms with E-state index in [0.29, 0.717) is 5.66 Å². The van der Waals surface area contributed by atoms with Crippen molar-refractivity contribution >= 4 is 0 Å². The lowest BCUT2D eigenvalue weighted by Gasteiger charge is -2.53. The molecule has 2 aliphatic heterocycles. The van der Waals surface area contributed by atoms with E-state index in [1.807, 2.05) is 0 Å². The number of piperidine rings is 2. The first-order valence-corrected chi connectivity index (χ1v) is 7.83. The van der Waals surface area contributed by atoms with Crippen LogP contribution in [-0.2, 0) is 0 Å². The maximum Gasteiger partial charge on any atom is 0.0732 e. The zero-order valence-corrected chi connectivity index (χ0v) is 11.9. The number of likely N-dealkylation sites (tertiary alicyclic amines) is 2. The van der Waals surface area contributed by atoms with Gasteiger partial charge in [0.1, 0.15) is 0 Å². The summed E-state index contributed by atoms with van der Waals surface area (Å²) in [6.45, 7) is 10.1. The summed E-state index contributed by atoms with van der Waals surface area (Å²) in [5, 5.41) is 0. The number of hydrogen-bond acceptors (Lipinski definition) is 2. The quantitative estimate of drug-likeness (QED) is 0.740. The Morgan fingerprint density at radius 3 is 1.29 bits per heavy atom. The van der Waals surface area contributed by atoms with E-state index in [-0.39, 0.29) is 0 Å². The van der Waals surface area contributed by atoms with Crippen molar-refractivity contribution in [2.45, 2.75) is 70.9 Å². The topological polar surface area (TPSA) is 6.48 Å². The Morgan fingerprint density at radius 2 is 1.00 bits per heavy atom. The Labute approximate surface area is 107 Å². The highest BCUT2D eigenvalue weighted by atomic mass is 15.4. The van der Waals surface area contributed by atoms with Gasteiger partial charge in [-0.15, -0.1) is 0 Å². The van der Waals surface area contributed by atoms with Gasteiger partial charge in [0, 0.05) is 0 Å². The SMILES string of the molecule is CCC(CC)(N1CCCCC1)N1CCCCC1. The molecule has 2 rings (SSSR count). The van der Waals surface area contributed by atoms with E-state index in [1.165, 1.54) is 77.5 Å².